The molecule has 0 aromatic heterocycles. The smallest absolute Gasteiger partial charge is 0.378 e. The molecule has 0 aromatic rings. The molecule has 0 heterocycles. The van der Waals surface area contributed by atoms with Crippen LogP contribution < -0.4 is 10.6 Å². The van der Waals surface area contributed by atoms with Gasteiger partial charge in [-0.1, -0.05) is 13.8 Å². The fraction of sp³-hybridized carbons (Fsp3) is 0.938. The van der Waals surface area contributed by atoms with Crippen LogP contribution >= 0.6 is 24.0 Å². The van der Waals surface area contributed by atoms with Gasteiger partial charge in [0.15, 0.2) is 5.96 Å². The molecule has 0 aliphatic carbocycles. The van der Waals surface area contributed by atoms with Crippen molar-refractivity contribution in [2.45, 2.75) is 45.9 Å². The number of rotatable bonds is 11. The summed E-state index contributed by atoms with van der Waals surface area (Å²) in [4.78, 5) is 5.38. The van der Waals surface area contributed by atoms with Gasteiger partial charge in [-0.3, -0.25) is 9.89 Å². The molecule has 0 spiro atoms. The first-order valence-corrected chi connectivity index (χ1v) is 8.51. The zero-order valence-corrected chi connectivity index (χ0v) is 18.3. The van der Waals surface area contributed by atoms with Crippen LogP contribution in [-0.2, 0) is 4.74 Å². The lowest BCUT2D eigenvalue weighted by Crippen LogP contribution is -2.40. The van der Waals surface area contributed by atoms with E-state index in [1.54, 1.807) is 7.05 Å². The Labute approximate surface area is 167 Å². The molecule has 25 heavy (non-hydrogen) atoms. The minimum atomic E-state index is -4.15. The Balaban J connectivity index is 0. The molecule has 0 radical (unpaired) electrons. The SMILES string of the molecule is CCOC(CCNC(=NC)NCCCN(C)CC(F)(F)F)C(C)C.I. The first kappa shape index (κ1) is 26.9. The van der Waals surface area contributed by atoms with Gasteiger partial charge >= 0.3 is 6.18 Å². The molecule has 0 aliphatic rings. The molecular formula is C16H34F3IN4O. The van der Waals surface area contributed by atoms with Gasteiger partial charge in [-0.25, -0.2) is 0 Å². The minimum absolute atomic E-state index is 0. The molecule has 2 N–H and O–H groups in total. The molecule has 152 valence electrons. The van der Waals surface area contributed by atoms with Gasteiger partial charge in [0.25, 0.3) is 0 Å². The number of aliphatic imine (C=N–C) groups is 1. The van der Waals surface area contributed by atoms with E-state index in [0.29, 0.717) is 38.0 Å². The zero-order chi connectivity index (χ0) is 18.6. The van der Waals surface area contributed by atoms with Crippen molar-refractivity contribution in [3.8, 4) is 0 Å². The van der Waals surface area contributed by atoms with E-state index in [2.05, 4.69) is 29.5 Å². The molecule has 0 fully saturated rings. The Morgan fingerprint density at radius 3 is 2.28 bits per heavy atom. The molecule has 0 aromatic carbocycles. The monoisotopic (exact) mass is 482 g/mol. The molecular weight excluding hydrogens is 448 g/mol. The predicted molar refractivity (Wildman–Crippen MR) is 108 cm³/mol. The minimum Gasteiger partial charge on any atom is -0.378 e. The van der Waals surface area contributed by atoms with Gasteiger partial charge in [0, 0.05) is 26.7 Å². The van der Waals surface area contributed by atoms with E-state index in [9.17, 15) is 13.2 Å². The van der Waals surface area contributed by atoms with E-state index in [1.807, 2.05) is 6.92 Å². The molecule has 9 heteroatoms. The van der Waals surface area contributed by atoms with Crippen LogP contribution in [0.25, 0.3) is 0 Å². The maximum absolute atomic E-state index is 12.2. The average Bonchev–Trinajstić information content (AvgIpc) is 2.46. The highest BCUT2D eigenvalue weighted by atomic mass is 127. The number of guanidine groups is 1. The van der Waals surface area contributed by atoms with Crippen molar-refractivity contribution in [2.75, 3.05) is 46.9 Å². The molecule has 0 aliphatic heterocycles. The van der Waals surface area contributed by atoms with Crippen molar-refractivity contribution in [3.63, 3.8) is 0 Å². The first-order valence-electron chi connectivity index (χ1n) is 8.51. The lowest BCUT2D eigenvalue weighted by molar-refractivity contribution is -0.143. The van der Waals surface area contributed by atoms with E-state index in [4.69, 9.17) is 4.74 Å². The normalized spacial score (nSPS) is 13.8. The maximum Gasteiger partial charge on any atom is 0.401 e. The highest BCUT2D eigenvalue weighted by molar-refractivity contribution is 14.0. The van der Waals surface area contributed by atoms with Crippen LogP contribution in [0.2, 0.25) is 0 Å². The van der Waals surface area contributed by atoms with Gasteiger partial charge in [0.2, 0.25) is 0 Å². The Hall–Kier alpha value is -0.290. The van der Waals surface area contributed by atoms with Gasteiger partial charge < -0.3 is 15.4 Å². The summed E-state index contributed by atoms with van der Waals surface area (Å²) in [5.74, 6) is 1.11. The fourth-order valence-electron chi connectivity index (χ4n) is 2.32. The molecule has 0 amide bonds. The van der Waals surface area contributed by atoms with Gasteiger partial charge in [-0.05, 0) is 39.3 Å². The molecule has 0 saturated heterocycles. The summed E-state index contributed by atoms with van der Waals surface area (Å²) in [5, 5.41) is 6.32. The summed E-state index contributed by atoms with van der Waals surface area (Å²) in [7, 11) is 3.15. The Bertz CT molecular complexity index is 355. The molecule has 0 rings (SSSR count). The van der Waals surface area contributed by atoms with Gasteiger partial charge in [0.1, 0.15) is 0 Å². The topological polar surface area (TPSA) is 48.9 Å². The summed E-state index contributed by atoms with van der Waals surface area (Å²) in [6.07, 6.45) is -2.45. The van der Waals surface area contributed by atoms with Gasteiger partial charge in [0.05, 0.1) is 12.6 Å². The molecule has 1 atom stereocenters. The van der Waals surface area contributed by atoms with Crippen molar-refractivity contribution in [3.05, 3.63) is 0 Å². The number of hydrogen-bond acceptors (Lipinski definition) is 3. The summed E-state index contributed by atoms with van der Waals surface area (Å²) in [5.41, 5.74) is 0. The lowest BCUT2D eigenvalue weighted by atomic mass is 10.0. The Morgan fingerprint density at radius 1 is 1.20 bits per heavy atom. The van der Waals surface area contributed by atoms with Crippen LogP contribution in [0.1, 0.15) is 33.6 Å². The third-order valence-corrected chi connectivity index (χ3v) is 3.53. The van der Waals surface area contributed by atoms with Gasteiger partial charge in [-0.15, -0.1) is 24.0 Å². The highest BCUT2D eigenvalue weighted by Gasteiger charge is 2.28. The fourth-order valence-corrected chi connectivity index (χ4v) is 2.32. The van der Waals surface area contributed by atoms with Crippen molar-refractivity contribution in [2.24, 2.45) is 10.9 Å². The first-order chi connectivity index (χ1) is 11.2. The quantitative estimate of drug-likeness (QED) is 0.206. The third-order valence-electron chi connectivity index (χ3n) is 3.53. The van der Waals surface area contributed by atoms with E-state index >= 15 is 0 Å². The van der Waals surface area contributed by atoms with E-state index < -0.39 is 12.7 Å². The lowest BCUT2D eigenvalue weighted by Gasteiger charge is -2.22. The van der Waals surface area contributed by atoms with Crippen LogP contribution in [0, 0.1) is 5.92 Å². The second-order valence-corrected chi connectivity index (χ2v) is 6.16. The predicted octanol–water partition coefficient (Wildman–Crippen LogP) is 3.10. The second-order valence-electron chi connectivity index (χ2n) is 6.16. The average molecular weight is 482 g/mol. The van der Waals surface area contributed by atoms with E-state index in [1.165, 1.54) is 11.9 Å². The largest absolute Gasteiger partial charge is 0.401 e. The van der Waals surface area contributed by atoms with Crippen LogP contribution in [0.5, 0.6) is 0 Å². The molecule has 0 bridgehead atoms. The summed E-state index contributed by atoms with van der Waals surface area (Å²) in [6.45, 7) is 7.74. The van der Waals surface area contributed by atoms with Crippen LogP contribution in [0.4, 0.5) is 13.2 Å². The Morgan fingerprint density at radius 2 is 1.80 bits per heavy atom. The standard InChI is InChI=1S/C16H33F3N4O.HI/c1-6-24-14(13(2)3)8-10-22-15(20-4)21-9-7-11-23(5)12-16(17,18)19;/h13-14H,6-12H2,1-5H3,(H2,20,21,22);1H. The zero-order valence-electron chi connectivity index (χ0n) is 15.9. The number of hydrogen-bond donors (Lipinski definition) is 2. The number of halogens is 4. The van der Waals surface area contributed by atoms with Crippen molar-refractivity contribution in [1.82, 2.24) is 15.5 Å². The molecule has 5 nitrogen and oxygen atoms in total. The van der Waals surface area contributed by atoms with Crippen LogP contribution in [0.3, 0.4) is 0 Å². The number of nitrogens with zero attached hydrogens (tertiary/aromatic N) is 2. The second kappa shape index (κ2) is 14.8. The molecule has 0 saturated carbocycles. The summed E-state index contributed by atoms with van der Waals surface area (Å²) >= 11 is 0. The van der Waals surface area contributed by atoms with Crippen LogP contribution in [0.15, 0.2) is 4.99 Å². The summed E-state index contributed by atoms with van der Waals surface area (Å²) < 4.78 is 42.3. The van der Waals surface area contributed by atoms with Gasteiger partial charge in [-0.2, -0.15) is 13.2 Å². The van der Waals surface area contributed by atoms with Crippen molar-refractivity contribution in [1.29, 1.82) is 0 Å². The van der Waals surface area contributed by atoms with Crippen LogP contribution in [-0.4, -0.2) is 70.0 Å². The van der Waals surface area contributed by atoms with E-state index in [0.717, 1.165) is 13.0 Å². The number of alkyl halides is 3. The maximum atomic E-state index is 12.2. The molecule has 1 unspecified atom stereocenters. The third kappa shape index (κ3) is 15.7. The number of ether oxygens (including phenoxy) is 1. The van der Waals surface area contributed by atoms with E-state index in [-0.39, 0.29) is 30.1 Å². The van der Waals surface area contributed by atoms with Crippen molar-refractivity contribution >= 4 is 29.9 Å². The summed E-state index contributed by atoms with van der Waals surface area (Å²) in [6, 6.07) is 0. The highest BCUT2D eigenvalue weighted by Crippen LogP contribution is 2.15. The Kier molecular flexibility index (Phi) is 16.0. The van der Waals surface area contributed by atoms with Crippen molar-refractivity contribution < 1.29 is 17.9 Å². The number of nitrogens with one attached hydrogen (secondary N) is 2.